The van der Waals surface area contributed by atoms with Gasteiger partial charge in [0.2, 0.25) is 5.91 Å². The molecule has 0 spiro atoms. The second-order valence-electron chi connectivity index (χ2n) is 6.10. The lowest BCUT2D eigenvalue weighted by atomic mass is 9.91. The molecule has 1 aromatic carbocycles. The molecule has 1 unspecified atom stereocenters. The van der Waals surface area contributed by atoms with Crippen LogP contribution in [0.3, 0.4) is 0 Å². The minimum atomic E-state index is -1.44. The third-order valence-electron chi connectivity index (χ3n) is 4.15. The highest BCUT2D eigenvalue weighted by Gasteiger charge is 2.50. The molecule has 1 saturated heterocycles. The third-order valence-corrected chi connectivity index (χ3v) is 4.15. The Morgan fingerprint density at radius 3 is 2.79 bits per heavy atom. The molecule has 9 heteroatoms. The van der Waals surface area contributed by atoms with Gasteiger partial charge in [0.1, 0.15) is 12.1 Å². The van der Waals surface area contributed by atoms with Gasteiger partial charge in [-0.1, -0.05) is 12.1 Å². The minimum Gasteiger partial charge on any atom is -0.352 e. The normalized spacial score (nSPS) is 23.1. The third kappa shape index (κ3) is 2.80. The van der Waals surface area contributed by atoms with Crippen LogP contribution in [0, 0.1) is 10.1 Å². The molecular weight excluding hydrogens is 316 g/mol. The van der Waals surface area contributed by atoms with E-state index < -0.39 is 28.3 Å². The Balaban J connectivity index is 1.82. The van der Waals surface area contributed by atoms with Crippen molar-refractivity contribution in [1.82, 2.24) is 15.5 Å². The van der Waals surface area contributed by atoms with Crippen molar-refractivity contribution in [3.63, 3.8) is 0 Å². The number of nitro benzene ring substituents is 1. The quantitative estimate of drug-likeness (QED) is 0.465. The molecule has 2 fully saturated rings. The number of nitrogens with one attached hydrogen (secondary N) is 2. The van der Waals surface area contributed by atoms with Crippen LogP contribution in [-0.2, 0) is 15.1 Å². The predicted molar refractivity (Wildman–Crippen MR) is 81.9 cm³/mol. The van der Waals surface area contributed by atoms with E-state index >= 15 is 0 Å². The monoisotopic (exact) mass is 332 g/mol. The summed E-state index contributed by atoms with van der Waals surface area (Å²) >= 11 is 0. The second-order valence-corrected chi connectivity index (χ2v) is 6.10. The summed E-state index contributed by atoms with van der Waals surface area (Å²) in [6, 6.07) is 4.95. The molecule has 3 rings (SSSR count). The molecule has 0 radical (unpaired) electrons. The van der Waals surface area contributed by atoms with Gasteiger partial charge in [0.05, 0.1) is 4.92 Å². The van der Waals surface area contributed by atoms with E-state index in [4.69, 9.17) is 0 Å². The molecule has 1 saturated carbocycles. The Morgan fingerprint density at radius 1 is 1.46 bits per heavy atom. The first-order valence-corrected chi connectivity index (χ1v) is 7.49. The summed E-state index contributed by atoms with van der Waals surface area (Å²) in [5.41, 5.74) is -1.33. The van der Waals surface area contributed by atoms with E-state index in [-0.39, 0.29) is 18.3 Å². The van der Waals surface area contributed by atoms with Gasteiger partial charge in [-0.25, -0.2) is 4.79 Å². The molecule has 1 aliphatic carbocycles. The van der Waals surface area contributed by atoms with Crippen LogP contribution in [0.25, 0.3) is 0 Å². The van der Waals surface area contributed by atoms with Crippen molar-refractivity contribution in [1.29, 1.82) is 0 Å². The van der Waals surface area contributed by atoms with Crippen LogP contribution in [-0.4, -0.2) is 40.3 Å². The minimum absolute atomic E-state index is 0.126. The number of hydrogen-bond donors (Lipinski definition) is 2. The van der Waals surface area contributed by atoms with Crippen LogP contribution < -0.4 is 10.6 Å². The summed E-state index contributed by atoms with van der Waals surface area (Å²) in [4.78, 5) is 47.8. The summed E-state index contributed by atoms with van der Waals surface area (Å²) in [7, 11) is 0. The topological polar surface area (TPSA) is 122 Å². The maximum atomic E-state index is 12.6. The predicted octanol–water partition coefficient (Wildman–Crippen LogP) is 0.640. The Bertz CT molecular complexity index is 745. The molecule has 1 heterocycles. The van der Waals surface area contributed by atoms with Crippen molar-refractivity contribution < 1.29 is 19.3 Å². The van der Waals surface area contributed by atoms with Crippen molar-refractivity contribution in [2.45, 2.75) is 31.3 Å². The number of imide groups is 1. The van der Waals surface area contributed by atoms with Crippen LogP contribution in [0.5, 0.6) is 0 Å². The molecule has 1 aromatic rings. The van der Waals surface area contributed by atoms with Gasteiger partial charge in [0, 0.05) is 18.2 Å². The highest BCUT2D eigenvalue weighted by Crippen LogP contribution is 2.30. The molecule has 2 N–H and O–H groups in total. The fraction of sp³-hybridized carbons (Fsp3) is 0.400. The number of non-ortho nitro benzene ring substituents is 1. The van der Waals surface area contributed by atoms with Gasteiger partial charge in [-0.2, -0.15) is 0 Å². The van der Waals surface area contributed by atoms with Crippen LogP contribution in [0.1, 0.15) is 25.3 Å². The van der Waals surface area contributed by atoms with Crippen molar-refractivity contribution in [3.8, 4) is 0 Å². The number of hydrogen-bond acceptors (Lipinski definition) is 5. The number of benzene rings is 1. The molecule has 1 aliphatic heterocycles. The second kappa shape index (κ2) is 5.59. The highest BCUT2D eigenvalue weighted by molar-refractivity contribution is 6.09. The number of carbonyl (C=O) groups is 3. The van der Waals surface area contributed by atoms with E-state index in [0.29, 0.717) is 5.56 Å². The Morgan fingerprint density at radius 2 is 2.17 bits per heavy atom. The number of urea groups is 1. The number of nitrogens with zero attached hydrogens (tertiary/aromatic N) is 2. The van der Waals surface area contributed by atoms with Gasteiger partial charge in [0.15, 0.2) is 0 Å². The molecule has 0 aromatic heterocycles. The van der Waals surface area contributed by atoms with Crippen LogP contribution in [0.4, 0.5) is 10.5 Å². The molecular formula is C15H16N4O5. The largest absolute Gasteiger partial charge is 0.352 e. The molecule has 126 valence electrons. The summed E-state index contributed by atoms with van der Waals surface area (Å²) in [5, 5.41) is 16.1. The zero-order valence-corrected chi connectivity index (χ0v) is 12.9. The first-order chi connectivity index (χ1) is 11.3. The number of rotatable bonds is 5. The molecule has 24 heavy (non-hydrogen) atoms. The summed E-state index contributed by atoms with van der Waals surface area (Å²) in [6.07, 6.45) is 1.80. The van der Waals surface area contributed by atoms with Gasteiger partial charge in [-0.05, 0) is 25.3 Å². The Kier molecular flexibility index (Phi) is 3.70. The van der Waals surface area contributed by atoms with Crippen LogP contribution in [0.15, 0.2) is 24.3 Å². The first kappa shape index (κ1) is 15.9. The van der Waals surface area contributed by atoms with E-state index in [2.05, 4.69) is 10.6 Å². The Labute approximate surface area is 137 Å². The average Bonchev–Trinajstić information content (AvgIpc) is 3.32. The number of nitro groups is 1. The van der Waals surface area contributed by atoms with E-state index in [1.54, 1.807) is 0 Å². The molecule has 9 nitrogen and oxygen atoms in total. The summed E-state index contributed by atoms with van der Waals surface area (Å²) in [5.74, 6) is -1.01. The zero-order chi connectivity index (χ0) is 17.5. The smallest absolute Gasteiger partial charge is 0.325 e. The van der Waals surface area contributed by atoms with Gasteiger partial charge >= 0.3 is 6.03 Å². The van der Waals surface area contributed by atoms with Crippen molar-refractivity contribution in [2.75, 3.05) is 6.54 Å². The van der Waals surface area contributed by atoms with Crippen molar-refractivity contribution >= 4 is 23.5 Å². The van der Waals surface area contributed by atoms with E-state index in [0.717, 1.165) is 17.7 Å². The summed E-state index contributed by atoms with van der Waals surface area (Å²) in [6.45, 7) is 1.09. The van der Waals surface area contributed by atoms with Gasteiger partial charge < -0.3 is 10.6 Å². The lowest BCUT2D eigenvalue weighted by molar-refractivity contribution is -0.385. The Hall–Kier alpha value is -2.97. The van der Waals surface area contributed by atoms with E-state index in [1.807, 2.05) is 0 Å². The SMILES string of the molecule is CC1(c2cccc([N+](=O)[O-])c2)NC(=O)N(CC(=O)NC2CC2)C1=O. The molecule has 2 aliphatic rings. The average molecular weight is 332 g/mol. The maximum Gasteiger partial charge on any atom is 0.325 e. The van der Waals surface area contributed by atoms with Crippen molar-refractivity contribution in [3.05, 3.63) is 39.9 Å². The number of amides is 4. The van der Waals surface area contributed by atoms with Crippen molar-refractivity contribution in [2.24, 2.45) is 0 Å². The van der Waals surface area contributed by atoms with Gasteiger partial charge in [-0.15, -0.1) is 0 Å². The van der Waals surface area contributed by atoms with Crippen LogP contribution in [0.2, 0.25) is 0 Å². The van der Waals surface area contributed by atoms with E-state index in [1.165, 1.54) is 31.2 Å². The highest BCUT2D eigenvalue weighted by atomic mass is 16.6. The van der Waals surface area contributed by atoms with Crippen LogP contribution >= 0.6 is 0 Å². The zero-order valence-electron chi connectivity index (χ0n) is 12.9. The lowest BCUT2D eigenvalue weighted by Gasteiger charge is -2.22. The summed E-state index contributed by atoms with van der Waals surface area (Å²) < 4.78 is 0. The van der Waals surface area contributed by atoms with E-state index in [9.17, 15) is 24.5 Å². The molecule has 0 bridgehead atoms. The van der Waals surface area contributed by atoms with Gasteiger partial charge in [0.25, 0.3) is 11.6 Å². The first-order valence-electron chi connectivity index (χ1n) is 7.49. The maximum absolute atomic E-state index is 12.6. The molecule has 1 atom stereocenters. The lowest BCUT2D eigenvalue weighted by Crippen LogP contribution is -2.43. The fourth-order valence-corrected chi connectivity index (χ4v) is 2.61. The molecule has 4 amide bonds. The standard InChI is InChI=1S/C15H16N4O5/c1-15(9-3-2-4-11(7-9)19(23)24)13(21)18(14(22)17-15)8-12(20)16-10-5-6-10/h2-4,7,10H,5-6,8H2,1H3,(H,16,20)(H,17,22). The number of carbonyl (C=O) groups excluding carboxylic acids is 3. The van der Waals surface area contributed by atoms with Gasteiger partial charge in [-0.3, -0.25) is 24.6 Å². The fourth-order valence-electron chi connectivity index (χ4n) is 2.61.